The van der Waals surface area contributed by atoms with E-state index in [4.69, 9.17) is 11.6 Å². The van der Waals surface area contributed by atoms with Crippen LogP contribution in [0.2, 0.25) is 0 Å². The summed E-state index contributed by atoms with van der Waals surface area (Å²) in [5.74, 6) is 1.70. The summed E-state index contributed by atoms with van der Waals surface area (Å²) >= 11 is 0. The topological polar surface area (TPSA) is 9.23 Å². The van der Waals surface area contributed by atoms with E-state index in [1.807, 2.05) is 42.5 Å². The van der Waals surface area contributed by atoms with Gasteiger partial charge in [0.2, 0.25) is 0 Å². The van der Waals surface area contributed by atoms with Crippen molar-refractivity contribution in [1.82, 2.24) is 0 Å². The molecule has 1 nitrogen and oxygen atoms in total. The number of rotatable bonds is 2. The van der Waals surface area contributed by atoms with Crippen LogP contribution in [0.15, 0.2) is 158 Å². The van der Waals surface area contributed by atoms with Gasteiger partial charge in [-0.3, -0.25) is 0 Å². The molecule has 0 aliphatic carbocycles. The first-order chi connectivity index (χ1) is 24.4. The average molecular weight is 576 g/mol. The van der Waals surface area contributed by atoms with Crippen molar-refractivity contribution in [2.75, 3.05) is 0 Å². The van der Waals surface area contributed by atoms with E-state index in [-0.39, 0.29) is 29.7 Å². The van der Waals surface area contributed by atoms with Crippen molar-refractivity contribution < 1.29 is 11.6 Å². The molecule has 45 heavy (non-hydrogen) atoms. The van der Waals surface area contributed by atoms with E-state index in [2.05, 4.69) is 84.9 Å². The van der Waals surface area contributed by atoms with Gasteiger partial charge in [-0.05, 0) is 89.1 Å². The van der Waals surface area contributed by atoms with E-state index < -0.39 is 6.04 Å². The first-order valence-corrected chi connectivity index (χ1v) is 15.1. The van der Waals surface area contributed by atoms with Gasteiger partial charge in [-0.2, -0.15) is 0 Å². The van der Waals surface area contributed by atoms with Crippen LogP contribution < -0.4 is 4.74 Å². The minimum absolute atomic E-state index is 0.208. The molecule has 1 aliphatic heterocycles. The van der Waals surface area contributed by atoms with Crippen LogP contribution in [0.4, 0.5) is 0 Å². The molecule has 0 spiro atoms. The zero-order chi connectivity index (χ0) is 33.8. The Labute approximate surface area is 267 Å². The molecule has 9 aromatic carbocycles. The van der Waals surface area contributed by atoms with Crippen molar-refractivity contribution in [2.24, 2.45) is 0 Å². The molecule has 0 saturated carbocycles. The highest BCUT2D eigenvalue weighted by Crippen LogP contribution is 2.52. The van der Waals surface area contributed by atoms with Crippen LogP contribution in [-0.2, 0) is 0 Å². The molecule has 0 fully saturated rings. The summed E-state index contributed by atoms with van der Waals surface area (Å²) in [6.45, 7) is 0. The molecule has 0 aromatic heterocycles. The van der Waals surface area contributed by atoms with E-state index >= 15 is 0 Å². The molecule has 9 aromatic rings. The van der Waals surface area contributed by atoms with Gasteiger partial charge in [0.05, 0.1) is 6.85 Å². The van der Waals surface area contributed by atoms with Crippen molar-refractivity contribution in [2.45, 2.75) is 0 Å². The Hall–Kier alpha value is -5.92. The maximum Gasteiger partial charge on any atom is 0.143 e. The van der Waals surface area contributed by atoms with Crippen molar-refractivity contribution in [3.05, 3.63) is 158 Å². The van der Waals surface area contributed by atoms with E-state index in [9.17, 15) is 0 Å². The third-order valence-corrected chi connectivity index (χ3v) is 9.31. The van der Waals surface area contributed by atoms with Crippen LogP contribution in [0.5, 0.6) is 11.5 Å². The third kappa shape index (κ3) is 3.50. The SMILES string of the molecule is [2H]c1c([2H])c([2H])c(-c2c3ccccc3cc3c2ccc2cccc(-c4ccc5c6c(cccc46)-c4ccc6ccccc6c4O5)c23)c([2H])c1[2H]. The van der Waals surface area contributed by atoms with E-state index in [0.717, 1.165) is 87.6 Å². The molecular weight excluding hydrogens is 544 g/mol. The Morgan fingerprint density at radius 1 is 0.422 bits per heavy atom. The van der Waals surface area contributed by atoms with Crippen LogP contribution in [-0.4, -0.2) is 0 Å². The van der Waals surface area contributed by atoms with Crippen molar-refractivity contribution in [1.29, 1.82) is 0 Å². The summed E-state index contributed by atoms with van der Waals surface area (Å²) in [6, 6.07) is 42.2. The van der Waals surface area contributed by atoms with Crippen LogP contribution in [0.3, 0.4) is 0 Å². The van der Waals surface area contributed by atoms with Crippen LogP contribution >= 0.6 is 0 Å². The summed E-state index contributed by atoms with van der Waals surface area (Å²) in [5, 5.41) is 9.99. The highest BCUT2D eigenvalue weighted by atomic mass is 16.5. The fraction of sp³-hybridized carbons (Fsp3) is 0. The van der Waals surface area contributed by atoms with Crippen molar-refractivity contribution in [3.8, 4) is 44.9 Å². The van der Waals surface area contributed by atoms with E-state index in [0.29, 0.717) is 5.56 Å². The predicted molar refractivity (Wildman–Crippen MR) is 190 cm³/mol. The summed E-state index contributed by atoms with van der Waals surface area (Å²) in [5.41, 5.74) is 5.15. The quantitative estimate of drug-likeness (QED) is 0.147. The minimum atomic E-state index is -0.399. The molecule has 1 aliphatic rings. The normalized spacial score (nSPS) is 13.7. The summed E-state index contributed by atoms with van der Waals surface area (Å²) in [6.07, 6.45) is 0. The van der Waals surface area contributed by atoms with Gasteiger partial charge in [0.1, 0.15) is 11.5 Å². The Morgan fingerprint density at radius 3 is 2.00 bits per heavy atom. The van der Waals surface area contributed by atoms with E-state index in [1.165, 1.54) is 0 Å². The van der Waals surface area contributed by atoms with Crippen molar-refractivity contribution >= 4 is 53.9 Å². The molecule has 0 atom stereocenters. The molecule has 0 saturated heterocycles. The van der Waals surface area contributed by atoms with Gasteiger partial charge in [-0.25, -0.2) is 0 Å². The van der Waals surface area contributed by atoms with Gasteiger partial charge >= 0.3 is 0 Å². The van der Waals surface area contributed by atoms with Gasteiger partial charge in [0.25, 0.3) is 0 Å². The van der Waals surface area contributed by atoms with Gasteiger partial charge in [0, 0.05) is 16.3 Å². The standard InChI is InChI=1S/C44H26O/c1-2-11-28(12-3-1)41-31-15-6-5-13-30(31)26-39-37(41)22-21-29-14-8-17-34(42(29)39)33-24-25-40-43-35(33)18-9-19-36(43)38-23-20-27-10-4-7-16-32(27)44(38)45-40/h1-26H/i1D,2D,3D,11D,12D. The highest BCUT2D eigenvalue weighted by molar-refractivity contribution is 6.24. The highest BCUT2D eigenvalue weighted by Gasteiger charge is 2.24. The van der Waals surface area contributed by atoms with Crippen LogP contribution in [0, 0.1) is 0 Å². The lowest BCUT2D eigenvalue weighted by Crippen LogP contribution is -1.99. The fourth-order valence-electron chi connectivity index (χ4n) is 7.39. The molecular formula is C44H26O. The second-order valence-electron chi connectivity index (χ2n) is 11.6. The molecule has 208 valence electrons. The van der Waals surface area contributed by atoms with Crippen LogP contribution in [0.25, 0.3) is 87.2 Å². The Morgan fingerprint density at radius 2 is 1.11 bits per heavy atom. The Bertz CT molecular complexity index is 2940. The van der Waals surface area contributed by atoms with E-state index in [1.54, 1.807) is 0 Å². The summed E-state index contributed by atoms with van der Waals surface area (Å²) in [7, 11) is 0. The number of hydrogen-bond acceptors (Lipinski definition) is 1. The second-order valence-corrected chi connectivity index (χ2v) is 11.6. The van der Waals surface area contributed by atoms with Gasteiger partial charge in [0.15, 0.2) is 0 Å². The Balaban J connectivity index is 1.30. The molecule has 0 radical (unpaired) electrons. The Kier molecular flexibility index (Phi) is 4.15. The molecule has 0 unspecified atom stereocenters. The largest absolute Gasteiger partial charge is 0.455 e. The molecule has 1 heterocycles. The molecule has 0 amide bonds. The molecule has 1 heteroatoms. The number of hydrogen-bond donors (Lipinski definition) is 0. The maximum atomic E-state index is 8.93. The average Bonchev–Trinajstić information content (AvgIpc) is 3.16. The lowest BCUT2D eigenvalue weighted by atomic mass is 9.85. The number of fused-ring (bicyclic) bond motifs is 8. The van der Waals surface area contributed by atoms with Crippen molar-refractivity contribution in [3.63, 3.8) is 0 Å². The molecule has 0 N–H and O–H groups in total. The monoisotopic (exact) mass is 575 g/mol. The number of benzene rings is 9. The first-order valence-electron chi connectivity index (χ1n) is 17.6. The van der Waals surface area contributed by atoms with Gasteiger partial charge in [-0.15, -0.1) is 0 Å². The van der Waals surface area contributed by atoms with Crippen LogP contribution in [0.1, 0.15) is 6.85 Å². The summed E-state index contributed by atoms with van der Waals surface area (Å²) in [4.78, 5) is 0. The van der Waals surface area contributed by atoms with Gasteiger partial charge < -0.3 is 4.74 Å². The lowest BCUT2D eigenvalue weighted by molar-refractivity contribution is 0.493. The lowest BCUT2D eigenvalue weighted by Gasteiger charge is -2.24. The smallest absolute Gasteiger partial charge is 0.143 e. The summed E-state index contributed by atoms with van der Waals surface area (Å²) < 4.78 is 49.7. The predicted octanol–water partition coefficient (Wildman–Crippen LogP) is 12.6. The molecule has 10 rings (SSSR count). The third-order valence-electron chi connectivity index (χ3n) is 9.31. The zero-order valence-corrected chi connectivity index (χ0v) is 24.0. The van der Waals surface area contributed by atoms with Gasteiger partial charge in [-0.1, -0.05) is 139 Å². The minimum Gasteiger partial charge on any atom is -0.455 e. The second kappa shape index (κ2) is 9.29. The zero-order valence-electron chi connectivity index (χ0n) is 29.0. The maximum absolute atomic E-state index is 8.93. The number of ether oxygens (including phenoxy) is 1. The molecule has 0 bridgehead atoms. The first kappa shape index (κ1) is 20.1. The fourth-order valence-corrected chi connectivity index (χ4v) is 7.39.